The van der Waals surface area contributed by atoms with E-state index in [1.807, 2.05) is 6.20 Å². The Hall–Kier alpha value is -4.75. The Balaban J connectivity index is 1.44. The zero-order chi connectivity index (χ0) is 26.1. The van der Waals surface area contributed by atoms with Crippen molar-refractivity contribution < 1.29 is 0 Å². The largest absolute Gasteiger partial charge is 0.264 e. The first-order chi connectivity index (χ1) is 19.1. The number of benzene rings is 6. The fraction of sp³-hybridized carbons (Fsp3) is 0.0789. The Labute approximate surface area is 228 Å². The van der Waals surface area contributed by atoms with Gasteiger partial charge in [0, 0.05) is 23.2 Å². The zero-order valence-electron chi connectivity index (χ0n) is 22.1. The summed E-state index contributed by atoms with van der Waals surface area (Å²) in [7, 11) is 0. The molecule has 0 aliphatic heterocycles. The topological polar surface area (TPSA) is 12.9 Å². The summed E-state index contributed by atoms with van der Waals surface area (Å²) in [6.45, 7) is 4.70. The predicted molar refractivity (Wildman–Crippen MR) is 165 cm³/mol. The second kappa shape index (κ2) is 8.12. The molecule has 1 aliphatic carbocycles. The van der Waals surface area contributed by atoms with Crippen LogP contribution in [0.1, 0.15) is 25.0 Å². The SMILES string of the molecule is CC1(C)c2ccccc2-c2ccc(-c3c4ccccc4c(-c4ccc5ccccc5c4)c4ccncc34)cc21. The maximum atomic E-state index is 4.62. The van der Waals surface area contributed by atoms with Gasteiger partial charge in [-0.1, -0.05) is 111 Å². The van der Waals surface area contributed by atoms with Gasteiger partial charge < -0.3 is 0 Å². The fourth-order valence-electron chi connectivity index (χ4n) is 6.85. The summed E-state index contributed by atoms with van der Waals surface area (Å²) in [5.74, 6) is 0. The first-order valence-corrected chi connectivity index (χ1v) is 13.6. The summed E-state index contributed by atoms with van der Waals surface area (Å²) < 4.78 is 0. The van der Waals surface area contributed by atoms with Crippen molar-refractivity contribution >= 4 is 32.3 Å². The molecule has 0 saturated heterocycles. The van der Waals surface area contributed by atoms with Crippen LogP contribution in [0, 0.1) is 0 Å². The molecule has 1 nitrogen and oxygen atoms in total. The lowest BCUT2D eigenvalue weighted by Gasteiger charge is -2.23. The number of pyridine rings is 1. The molecule has 0 amide bonds. The van der Waals surface area contributed by atoms with Crippen molar-refractivity contribution in [1.82, 2.24) is 4.98 Å². The van der Waals surface area contributed by atoms with E-state index in [-0.39, 0.29) is 5.41 Å². The summed E-state index contributed by atoms with van der Waals surface area (Å²) in [6, 6.07) is 42.4. The van der Waals surface area contributed by atoms with Crippen molar-refractivity contribution in [1.29, 1.82) is 0 Å². The number of hydrogen-bond donors (Lipinski definition) is 0. The first-order valence-electron chi connectivity index (χ1n) is 13.6. The summed E-state index contributed by atoms with van der Waals surface area (Å²) in [4.78, 5) is 4.62. The Morgan fingerprint density at radius 1 is 0.487 bits per heavy atom. The van der Waals surface area contributed by atoms with E-state index < -0.39 is 0 Å². The van der Waals surface area contributed by atoms with Crippen LogP contribution >= 0.6 is 0 Å². The van der Waals surface area contributed by atoms with Gasteiger partial charge in [-0.3, -0.25) is 4.98 Å². The zero-order valence-corrected chi connectivity index (χ0v) is 22.1. The number of rotatable bonds is 2. The molecular weight excluding hydrogens is 470 g/mol. The molecule has 39 heavy (non-hydrogen) atoms. The number of hydrogen-bond acceptors (Lipinski definition) is 1. The number of fused-ring (bicyclic) bond motifs is 6. The third kappa shape index (κ3) is 3.17. The van der Waals surface area contributed by atoms with E-state index in [2.05, 4.69) is 140 Å². The molecule has 1 aliphatic rings. The average molecular weight is 498 g/mol. The lowest BCUT2D eigenvalue weighted by atomic mass is 9.80. The van der Waals surface area contributed by atoms with Crippen molar-refractivity contribution in [3.63, 3.8) is 0 Å². The summed E-state index contributed by atoms with van der Waals surface area (Å²) in [5.41, 5.74) is 10.5. The standard InChI is InChI=1S/C38H27N/c1-38(2)34-14-8-7-11-28(34)29-18-17-27(22-35(29)38)37-31-13-6-5-12-30(31)36(32-19-20-39-23-33(32)37)26-16-15-24-9-3-4-10-25(24)21-26/h3-23H,1-2H3. The van der Waals surface area contributed by atoms with Crippen LogP contribution in [0.3, 0.4) is 0 Å². The molecule has 1 aromatic heterocycles. The molecule has 184 valence electrons. The first kappa shape index (κ1) is 22.3. The highest BCUT2D eigenvalue weighted by Crippen LogP contribution is 2.51. The minimum atomic E-state index is -0.0448. The van der Waals surface area contributed by atoms with Crippen LogP contribution in [0.25, 0.3) is 65.7 Å². The molecule has 0 spiro atoms. The van der Waals surface area contributed by atoms with Gasteiger partial charge in [0.15, 0.2) is 0 Å². The van der Waals surface area contributed by atoms with Gasteiger partial charge in [0.1, 0.15) is 0 Å². The predicted octanol–water partition coefficient (Wildman–Crippen LogP) is 10.2. The monoisotopic (exact) mass is 497 g/mol. The highest BCUT2D eigenvalue weighted by molar-refractivity contribution is 6.21. The number of aromatic nitrogens is 1. The van der Waals surface area contributed by atoms with E-state index in [1.54, 1.807) is 0 Å². The molecule has 0 atom stereocenters. The maximum Gasteiger partial charge on any atom is 0.0353 e. The lowest BCUT2D eigenvalue weighted by molar-refractivity contribution is 0.660. The lowest BCUT2D eigenvalue weighted by Crippen LogP contribution is -2.14. The van der Waals surface area contributed by atoms with E-state index >= 15 is 0 Å². The van der Waals surface area contributed by atoms with Gasteiger partial charge in [-0.15, -0.1) is 0 Å². The molecule has 0 saturated carbocycles. The van der Waals surface area contributed by atoms with E-state index in [4.69, 9.17) is 0 Å². The Morgan fingerprint density at radius 3 is 1.95 bits per heavy atom. The smallest absolute Gasteiger partial charge is 0.0353 e. The molecule has 1 heterocycles. The summed E-state index contributed by atoms with van der Waals surface area (Å²) in [5, 5.41) is 7.46. The van der Waals surface area contributed by atoms with E-state index in [1.165, 1.54) is 76.8 Å². The molecule has 0 fully saturated rings. The van der Waals surface area contributed by atoms with Gasteiger partial charge in [-0.25, -0.2) is 0 Å². The van der Waals surface area contributed by atoms with E-state index in [0.717, 1.165) is 0 Å². The minimum absolute atomic E-state index is 0.0448. The highest BCUT2D eigenvalue weighted by Gasteiger charge is 2.35. The van der Waals surface area contributed by atoms with Crippen LogP contribution in [0.15, 0.2) is 128 Å². The molecular formula is C38H27N. The van der Waals surface area contributed by atoms with Crippen LogP contribution < -0.4 is 0 Å². The summed E-state index contributed by atoms with van der Waals surface area (Å²) >= 11 is 0. The molecule has 0 radical (unpaired) electrons. The third-order valence-electron chi connectivity index (χ3n) is 8.74. The molecule has 6 aromatic carbocycles. The normalized spacial score (nSPS) is 13.6. The molecule has 7 aromatic rings. The van der Waals surface area contributed by atoms with Gasteiger partial charge >= 0.3 is 0 Å². The highest BCUT2D eigenvalue weighted by atomic mass is 14.6. The fourth-order valence-corrected chi connectivity index (χ4v) is 6.85. The van der Waals surface area contributed by atoms with Crippen LogP contribution in [-0.2, 0) is 5.41 Å². The molecule has 1 heteroatoms. The van der Waals surface area contributed by atoms with Crippen molar-refractivity contribution in [2.75, 3.05) is 0 Å². The summed E-state index contributed by atoms with van der Waals surface area (Å²) in [6.07, 6.45) is 3.97. The van der Waals surface area contributed by atoms with Crippen LogP contribution in [-0.4, -0.2) is 4.98 Å². The van der Waals surface area contributed by atoms with Crippen molar-refractivity contribution in [3.05, 3.63) is 139 Å². The maximum absolute atomic E-state index is 4.62. The molecule has 0 N–H and O–H groups in total. The van der Waals surface area contributed by atoms with Gasteiger partial charge in [-0.2, -0.15) is 0 Å². The van der Waals surface area contributed by atoms with Gasteiger partial charge in [0.2, 0.25) is 0 Å². The van der Waals surface area contributed by atoms with Crippen LogP contribution in [0.4, 0.5) is 0 Å². The van der Waals surface area contributed by atoms with Crippen LogP contribution in [0.5, 0.6) is 0 Å². The van der Waals surface area contributed by atoms with Crippen molar-refractivity contribution in [2.45, 2.75) is 19.3 Å². The van der Waals surface area contributed by atoms with Gasteiger partial charge in [-0.05, 0) is 89.6 Å². The molecule has 0 bridgehead atoms. The molecule has 8 rings (SSSR count). The Morgan fingerprint density at radius 2 is 1.10 bits per heavy atom. The average Bonchev–Trinajstić information content (AvgIpc) is 3.21. The third-order valence-corrected chi connectivity index (χ3v) is 8.74. The van der Waals surface area contributed by atoms with E-state index in [0.29, 0.717) is 0 Å². The van der Waals surface area contributed by atoms with Crippen molar-refractivity contribution in [3.8, 4) is 33.4 Å². The second-order valence-electron chi connectivity index (χ2n) is 11.2. The Bertz CT molecular complexity index is 2040. The quantitative estimate of drug-likeness (QED) is 0.217. The number of nitrogens with zero attached hydrogens (tertiary/aromatic N) is 1. The Kier molecular flexibility index (Phi) is 4.63. The second-order valence-corrected chi connectivity index (χ2v) is 11.2. The van der Waals surface area contributed by atoms with Gasteiger partial charge in [0.05, 0.1) is 0 Å². The molecule has 0 unspecified atom stereocenters. The minimum Gasteiger partial charge on any atom is -0.264 e. The van der Waals surface area contributed by atoms with E-state index in [9.17, 15) is 0 Å². The van der Waals surface area contributed by atoms with Crippen LogP contribution in [0.2, 0.25) is 0 Å². The van der Waals surface area contributed by atoms with Crippen molar-refractivity contribution in [2.24, 2.45) is 0 Å². The van der Waals surface area contributed by atoms with Gasteiger partial charge in [0.25, 0.3) is 0 Å².